The number of fused-ring (bicyclic) bond motifs is 1. The first kappa shape index (κ1) is 18.3. The number of nitrogens with one attached hydrogen (secondary N) is 3. The number of aromatic nitrogens is 2. The molecule has 0 aliphatic heterocycles. The molecule has 1 aliphatic rings. The Labute approximate surface area is 157 Å². The summed E-state index contributed by atoms with van der Waals surface area (Å²) in [5, 5.41) is 4.12. The van der Waals surface area contributed by atoms with Gasteiger partial charge in [0, 0.05) is 6.04 Å². The highest BCUT2D eigenvalue weighted by Gasteiger charge is 2.21. The predicted octanol–water partition coefficient (Wildman–Crippen LogP) is 1.47. The van der Waals surface area contributed by atoms with Crippen LogP contribution in [0.4, 0.5) is 0 Å². The van der Waals surface area contributed by atoms with Gasteiger partial charge in [-0.15, -0.1) is 0 Å². The largest absolute Gasteiger partial charge is 0.358 e. The van der Waals surface area contributed by atoms with Crippen molar-refractivity contribution < 1.29 is 4.79 Å². The van der Waals surface area contributed by atoms with Gasteiger partial charge in [0.05, 0.1) is 17.2 Å². The van der Waals surface area contributed by atoms with Crippen molar-refractivity contribution in [3.05, 3.63) is 40.9 Å². The maximum absolute atomic E-state index is 12.4. The van der Waals surface area contributed by atoms with Crippen LogP contribution in [-0.2, 0) is 11.3 Å². The first-order valence-corrected chi connectivity index (χ1v) is 9.25. The summed E-state index contributed by atoms with van der Waals surface area (Å²) >= 11 is 5.24. The Morgan fingerprint density at radius 2 is 2.04 bits per heavy atom. The van der Waals surface area contributed by atoms with Crippen LogP contribution in [0.25, 0.3) is 10.9 Å². The fourth-order valence-electron chi connectivity index (χ4n) is 3.27. The van der Waals surface area contributed by atoms with Gasteiger partial charge >= 0.3 is 0 Å². The molecule has 1 aliphatic carbocycles. The van der Waals surface area contributed by atoms with Gasteiger partial charge in [0.15, 0.2) is 5.11 Å². The van der Waals surface area contributed by atoms with Crippen LogP contribution in [0.2, 0.25) is 0 Å². The number of carbonyl (C=O) groups excluding carboxylic acids is 1. The molecule has 1 saturated carbocycles. The van der Waals surface area contributed by atoms with Crippen LogP contribution in [0.3, 0.4) is 0 Å². The highest BCUT2D eigenvalue weighted by atomic mass is 32.1. The van der Waals surface area contributed by atoms with Crippen LogP contribution in [0, 0.1) is 5.92 Å². The van der Waals surface area contributed by atoms with Crippen molar-refractivity contribution >= 4 is 34.1 Å². The molecule has 7 nitrogen and oxygen atoms in total. The minimum Gasteiger partial charge on any atom is -0.358 e. The van der Waals surface area contributed by atoms with Gasteiger partial charge in [-0.2, -0.15) is 0 Å². The van der Waals surface area contributed by atoms with E-state index in [-0.39, 0.29) is 18.0 Å². The summed E-state index contributed by atoms with van der Waals surface area (Å²) < 4.78 is 1.28. The van der Waals surface area contributed by atoms with E-state index in [9.17, 15) is 9.59 Å². The number of hydrogen-bond donors (Lipinski definition) is 3. The van der Waals surface area contributed by atoms with Gasteiger partial charge in [-0.1, -0.05) is 31.9 Å². The number of rotatable bonds is 3. The zero-order valence-corrected chi connectivity index (χ0v) is 15.5. The van der Waals surface area contributed by atoms with Crippen molar-refractivity contribution in [2.45, 2.75) is 45.2 Å². The van der Waals surface area contributed by atoms with Gasteiger partial charge < -0.3 is 5.32 Å². The van der Waals surface area contributed by atoms with Gasteiger partial charge in [-0.3, -0.25) is 25.0 Å². The second-order valence-electron chi connectivity index (χ2n) is 6.71. The number of carbonyl (C=O) groups is 1. The molecule has 3 N–H and O–H groups in total. The molecular weight excluding hydrogens is 350 g/mol. The number of para-hydroxylation sites is 1. The summed E-state index contributed by atoms with van der Waals surface area (Å²) in [6.07, 6.45) is 6.09. The molecule has 2 aromatic rings. The second-order valence-corrected chi connectivity index (χ2v) is 7.12. The fourth-order valence-corrected chi connectivity index (χ4v) is 3.48. The Balaban J connectivity index is 1.53. The van der Waals surface area contributed by atoms with E-state index in [4.69, 9.17) is 12.2 Å². The fraction of sp³-hybridized carbons (Fsp3) is 0.444. The van der Waals surface area contributed by atoms with Crippen molar-refractivity contribution in [3.8, 4) is 0 Å². The zero-order valence-electron chi connectivity index (χ0n) is 14.7. The summed E-state index contributed by atoms with van der Waals surface area (Å²) in [7, 11) is 0. The smallest absolute Gasteiger partial charge is 0.261 e. The predicted molar refractivity (Wildman–Crippen MR) is 104 cm³/mol. The lowest BCUT2D eigenvalue weighted by molar-refractivity contribution is -0.122. The molecule has 2 atom stereocenters. The molecule has 138 valence electrons. The van der Waals surface area contributed by atoms with E-state index in [0.717, 1.165) is 6.42 Å². The normalized spacial score (nSPS) is 19.7. The molecule has 0 spiro atoms. The molecule has 1 fully saturated rings. The van der Waals surface area contributed by atoms with E-state index in [2.05, 4.69) is 28.1 Å². The number of hydrazine groups is 1. The van der Waals surface area contributed by atoms with Gasteiger partial charge in [-0.25, -0.2) is 4.98 Å². The zero-order chi connectivity index (χ0) is 18.5. The Morgan fingerprint density at radius 3 is 2.85 bits per heavy atom. The van der Waals surface area contributed by atoms with Crippen LogP contribution in [-0.4, -0.2) is 26.6 Å². The molecular formula is C18H23N5O2S. The molecule has 8 heteroatoms. The molecule has 0 bridgehead atoms. The summed E-state index contributed by atoms with van der Waals surface area (Å²) in [6.45, 7) is 2.07. The van der Waals surface area contributed by atoms with Crippen LogP contribution < -0.4 is 21.7 Å². The average molecular weight is 373 g/mol. The molecule has 1 aromatic heterocycles. The van der Waals surface area contributed by atoms with E-state index in [1.54, 1.807) is 18.2 Å². The van der Waals surface area contributed by atoms with E-state index in [0.29, 0.717) is 28.0 Å². The van der Waals surface area contributed by atoms with E-state index < -0.39 is 0 Å². The van der Waals surface area contributed by atoms with E-state index in [1.165, 1.54) is 30.2 Å². The third-order valence-electron chi connectivity index (χ3n) is 4.79. The monoisotopic (exact) mass is 373 g/mol. The minimum absolute atomic E-state index is 0.133. The lowest BCUT2D eigenvalue weighted by Crippen LogP contribution is -2.52. The van der Waals surface area contributed by atoms with Crippen molar-refractivity contribution in [2.75, 3.05) is 0 Å². The van der Waals surface area contributed by atoms with Crippen molar-refractivity contribution in [2.24, 2.45) is 5.92 Å². The maximum Gasteiger partial charge on any atom is 0.261 e. The quantitative estimate of drug-likeness (QED) is 0.558. The number of benzene rings is 1. The number of amides is 1. The average Bonchev–Trinajstić information content (AvgIpc) is 2.64. The summed E-state index contributed by atoms with van der Waals surface area (Å²) in [6, 6.07) is 7.37. The first-order chi connectivity index (χ1) is 12.5. The lowest BCUT2D eigenvalue weighted by atomic mass is 9.86. The van der Waals surface area contributed by atoms with Crippen LogP contribution in [0.1, 0.15) is 32.6 Å². The molecule has 2 unspecified atom stereocenters. The SMILES string of the molecule is CC1CCCCC1NC(=S)NNC(=O)Cn1cnc2ccccc2c1=O. The van der Waals surface area contributed by atoms with Gasteiger partial charge in [-0.05, 0) is 43.1 Å². The third-order valence-corrected chi connectivity index (χ3v) is 5.01. The van der Waals surface area contributed by atoms with Crippen molar-refractivity contribution in [1.29, 1.82) is 0 Å². The molecule has 26 heavy (non-hydrogen) atoms. The lowest BCUT2D eigenvalue weighted by Gasteiger charge is -2.30. The Morgan fingerprint density at radius 1 is 1.27 bits per heavy atom. The minimum atomic E-state index is -0.370. The Hall–Kier alpha value is -2.48. The molecule has 3 rings (SSSR count). The van der Waals surface area contributed by atoms with Gasteiger partial charge in [0.1, 0.15) is 6.54 Å². The Kier molecular flexibility index (Phi) is 5.82. The maximum atomic E-state index is 12.4. The summed E-state index contributed by atoms with van der Waals surface area (Å²) in [5.41, 5.74) is 5.61. The van der Waals surface area contributed by atoms with Crippen LogP contribution >= 0.6 is 12.2 Å². The first-order valence-electron chi connectivity index (χ1n) is 8.84. The molecule has 1 heterocycles. The van der Waals surface area contributed by atoms with Crippen LogP contribution in [0.5, 0.6) is 0 Å². The molecule has 0 saturated heterocycles. The topological polar surface area (TPSA) is 88.0 Å². The van der Waals surface area contributed by atoms with Crippen molar-refractivity contribution in [1.82, 2.24) is 25.7 Å². The summed E-state index contributed by atoms with van der Waals surface area (Å²) in [4.78, 5) is 28.7. The van der Waals surface area contributed by atoms with E-state index >= 15 is 0 Å². The van der Waals surface area contributed by atoms with Gasteiger partial charge in [0.2, 0.25) is 0 Å². The number of thiocarbonyl (C=S) groups is 1. The number of nitrogens with zero attached hydrogens (tertiary/aromatic N) is 2. The van der Waals surface area contributed by atoms with E-state index in [1.807, 2.05) is 6.07 Å². The van der Waals surface area contributed by atoms with Crippen molar-refractivity contribution in [3.63, 3.8) is 0 Å². The molecule has 1 aromatic carbocycles. The summed E-state index contributed by atoms with van der Waals surface area (Å²) in [5.74, 6) is 0.187. The second kappa shape index (κ2) is 8.27. The third kappa shape index (κ3) is 4.37. The number of hydrogen-bond acceptors (Lipinski definition) is 4. The standard InChI is InChI=1S/C18H23N5O2S/c1-12-6-2-4-8-14(12)20-18(26)22-21-16(24)10-23-11-19-15-9-5-3-7-13(15)17(23)25/h3,5,7,9,11-12,14H,2,4,6,8,10H2,1H3,(H,21,24)(H2,20,22,26). The highest BCUT2D eigenvalue weighted by Crippen LogP contribution is 2.23. The highest BCUT2D eigenvalue weighted by molar-refractivity contribution is 7.80. The molecule has 1 amide bonds. The molecule has 0 radical (unpaired) electrons. The Bertz CT molecular complexity index is 866. The van der Waals surface area contributed by atoms with Crippen LogP contribution in [0.15, 0.2) is 35.4 Å². The van der Waals surface area contributed by atoms with Gasteiger partial charge in [0.25, 0.3) is 11.5 Å².